The van der Waals surface area contributed by atoms with Crippen LogP contribution in [0.5, 0.6) is 6.01 Å². The van der Waals surface area contributed by atoms with Gasteiger partial charge in [-0.15, -0.1) is 0 Å². The van der Waals surface area contributed by atoms with Gasteiger partial charge in [-0.25, -0.2) is 0 Å². The normalized spacial score (nSPS) is 23.7. The Morgan fingerprint density at radius 2 is 1.94 bits per heavy atom. The molecule has 0 aliphatic heterocycles. The van der Waals surface area contributed by atoms with Crippen molar-refractivity contribution in [2.45, 2.75) is 32.6 Å². The molecule has 1 aliphatic carbocycles. The molecule has 1 saturated carbocycles. The Kier molecular flexibility index (Phi) is 4.17. The third kappa shape index (κ3) is 3.45. The Balaban J connectivity index is 1.88. The van der Waals surface area contributed by atoms with Crippen LogP contribution in [0.15, 0.2) is 0 Å². The third-order valence-corrected chi connectivity index (χ3v) is 3.50. The highest BCUT2D eigenvalue weighted by molar-refractivity contribution is 5.32. The van der Waals surface area contributed by atoms with E-state index in [0.29, 0.717) is 11.9 Å². The first kappa shape index (κ1) is 12.9. The van der Waals surface area contributed by atoms with E-state index in [9.17, 15) is 0 Å². The van der Waals surface area contributed by atoms with Crippen molar-refractivity contribution in [3.05, 3.63) is 0 Å². The molecule has 1 heterocycles. The SMILES string of the molecule is COc1nc(N)nc(NCC2CCC(C)CC2)n1. The fourth-order valence-corrected chi connectivity index (χ4v) is 2.31. The van der Waals surface area contributed by atoms with Crippen LogP contribution in [-0.2, 0) is 0 Å². The number of hydrogen-bond acceptors (Lipinski definition) is 6. The van der Waals surface area contributed by atoms with Crippen LogP contribution in [0.2, 0.25) is 0 Å². The van der Waals surface area contributed by atoms with Crippen molar-refractivity contribution in [2.24, 2.45) is 11.8 Å². The lowest BCUT2D eigenvalue weighted by atomic mass is 9.83. The molecule has 0 bridgehead atoms. The number of ether oxygens (including phenoxy) is 1. The quantitative estimate of drug-likeness (QED) is 0.847. The van der Waals surface area contributed by atoms with E-state index < -0.39 is 0 Å². The average molecular weight is 251 g/mol. The van der Waals surface area contributed by atoms with Gasteiger partial charge >= 0.3 is 6.01 Å². The standard InChI is InChI=1S/C12H21N5O/c1-8-3-5-9(6-4-8)7-14-11-15-10(13)16-12(17-11)18-2/h8-9H,3-7H2,1-2H3,(H3,13,14,15,16,17). The summed E-state index contributed by atoms with van der Waals surface area (Å²) in [6.45, 7) is 3.21. The Labute approximate surface area is 107 Å². The summed E-state index contributed by atoms with van der Waals surface area (Å²) in [6, 6.07) is 0.252. The molecular formula is C12H21N5O. The Morgan fingerprint density at radius 3 is 2.61 bits per heavy atom. The van der Waals surface area contributed by atoms with E-state index in [-0.39, 0.29) is 12.0 Å². The van der Waals surface area contributed by atoms with E-state index in [1.165, 1.54) is 32.8 Å². The topological polar surface area (TPSA) is 86.0 Å². The zero-order valence-electron chi connectivity index (χ0n) is 11.0. The number of hydrogen-bond donors (Lipinski definition) is 2. The molecule has 6 nitrogen and oxygen atoms in total. The molecule has 1 aromatic heterocycles. The number of nitrogens with two attached hydrogens (primary N) is 1. The molecule has 2 rings (SSSR count). The monoisotopic (exact) mass is 251 g/mol. The van der Waals surface area contributed by atoms with Crippen molar-refractivity contribution < 1.29 is 4.74 Å². The van der Waals surface area contributed by atoms with Crippen LogP contribution < -0.4 is 15.8 Å². The van der Waals surface area contributed by atoms with Crippen LogP contribution in [0.3, 0.4) is 0 Å². The van der Waals surface area contributed by atoms with Gasteiger partial charge in [-0.3, -0.25) is 0 Å². The van der Waals surface area contributed by atoms with Crippen LogP contribution in [0.4, 0.5) is 11.9 Å². The van der Waals surface area contributed by atoms with Gasteiger partial charge in [0.05, 0.1) is 7.11 Å². The fourth-order valence-electron chi connectivity index (χ4n) is 2.31. The average Bonchev–Trinajstić information content (AvgIpc) is 2.37. The van der Waals surface area contributed by atoms with Gasteiger partial charge in [0.2, 0.25) is 11.9 Å². The molecule has 0 unspecified atom stereocenters. The second kappa shape index (κ2) is 5.84. The molecule has 0 aromatic carbocycles. The Hall–Kier alpha value is -1.59. The van der Waals surface area contributed by atoms with Crippen molar-refractivity contribution in [1.82, 2.24) is 15.0 Å². The fraction of sp³-hybridized carbons (Fsp3) is 0.750. The van der Waals surface area contributed by atoms with Crippen molar-refractivity contribution >= 4 is 11.9 Å². The minimum Gasteiger partial charge on any atom is -0.467 e. The van der Waals surface area contributed by atoms with E-state index in [1.807, 2.05) is 0 Å². The van der Waals surface area contributed by atoms with Gasteiger partial charge in [-0.1, -0.05) is 19.8 Å². The number of nitrogen functional groups attached to an aromatic ring is 1. The van der Waals surface area contributed by atoms with E-state index in [0.717, 1.165) is 12.5 Å². The van der Waals surface area contributed by atoms with Crippen molar-refractivity contribution in [1.29, 1.82) is 0 Å². The van der Waals surface area contributed by atoms with Crippen LogP contribution >= 0.6 is 0 Å². The minimum absolute atomic E-state index is 0.182. The molecule has 0 atom stereocenters. The van der Waals surface area contributed by atoms with E-state index in [4.69, 9.17) is 10.5 Å². The van der Waals surface area contributed by atoms with Gasteiger partial charge < -0.3 is 15.8 Å². The molecule has 1 fully saturated rings. The molecule has 0 saturated heterocycles. The number of aromatic nitrogens is 3. The van der Waals surface area contributed by atoms with Crippen LogP contribution in [0.1, 0.15) is 32.6 Å². The predicted molar refractivity (Wildman–Crippen MR) is 70.4 cm³/mol. The summed E-state index contributed by atoms with van der Waals surface area (Å²) in [6.07, 6.45) is 5.17. The number of methoxy groups -OCH3 is 1. The van der Waals surface area contributed by atoms with E-state index >= 15 is 0 Å². The summed E-state index contributed by atoms with van der Waals surface area (Å²) in [5, 5.41) is 3.22. The molecule has 0 amide bonds. The summed E-state index contributed by atoms with van der Waals surface area (Å²) in [7, 11) is 1.51. The lowest BCUT2D eigenvalue weighted by molar-refractivity contribution is 0.300. The van der Waals surface area contributed by atoms with Gasteiger partial charge in [0, 0.05) is 6.54 Å². The molecule has 6 heteroatoms. The zero-order valence-corrected chi connectivity index (χ0v) is 11.0. The smallest absolute Gasteiger partial charge is 0.322 e. The first-order valence-corrected chi connectivity index (χ1v) is 6.46. The number of nitrogens with zero attached hydrogens (tertiary/aromatic N) is 3. The maximum atomic E-state index is 5.58. The summed E-state index contributed by atoms with van der Waals surface area (Å²) < 4.78 is 4.96. The van der Waals surface area contributed by atoms with E-state index in [2.05, 4.69) is 27.2 Å². The summed E-state index contributed by atoms with van der Waals surface area (Å²) in [5.41, 5.74) is 5.58. The molecule has 1 aromatic rings. The van der Waals surface area contributed by atoms with Gasteiger partial charge in [0.25, 0.3) is 0 Å². The maximum Gasteiger partial charge on any atom is 0.322 e. The highest BCUT2D eigenvalue weighted by atomic mass is 16.5. The largest absolute Gasteiger partial charge is 0.467 e. The Bertz CT molecular complexity index is 390. The molecule has 3 N–H and O–H groups in total. The summed E-state index contributed by atoms with van der Waals surface area (Å²) in [4.78, 5) is 12.0. The highest BCUT2D eigenvalue weighted by Crippen LogP contribution is 2.28. The molecule has 1 aliphatic rings. The second-order valence-corrected chi connectivity index (χ2v) is 5.01. The lowest BCUT2D eigenvalue weighted by Crippen LogP contribution is -2.21. The van der Waals surface area contributed by atoms with Crippen molar-refractivity contribution in [3.8, 4) is 6.01 Å². The predicted octanol–water partition coefficient (Wildman–Crippen LogP) is 1.70. The first-order chi connectivity index (χ1) is 8.67. The van der Waals surface area contributed by atoms with Gasteiger partial charge in [-0.2, -0.15) is 15.0 Å². The van der Waals surface area contributed by atoms with Gasteiger partial charge in [0.15, 0.2) is 0 Å². The third-order valence-electron chi connectivity index (χ3n) is 3.50. The molecular weight excluding hydrogens is 230 g/mol. The van der Waals surface area contributed by atoms with Crippen molar-refractivity contribution in [3.63, 3.8) is 0 Å². The summed E-state index contributed by atoms with van der Waals surface area (Å²) in [5.74, 6) is 2.25. The number of nitrogens with one attached hydrogen (secondary N) is 1. The van der Waals surface area contributed by atoms with Crippen LogP contribution in [0.25, 0.3) is 0 Å². The molecule has 0 spiro atoms. The minimum atomic E-state index is 0.182. The number of rotatable bonds is 4. The number of anilines is 2. The van der Waals surface area contributed by atoms with Crippen molar-refractivity contribution in [2.75, 3.05) is 24.7 Å². The van der Waals surface area contributed by atoms with Gasteiger partial charge in [-0.05, 0) is 24.7 Å². The zero-order chi connectivity index (χ0) is 13.0. The van der Waals surface area contributed by atoms with Crippen LogP contribution in [0, 0.1) is 11.8 Å². The van der Waals surface area contributed by atoms with Gasteiger partial charge in [0.1, 0.15) is 0 Å². The first-order valence-electron chi connectivity index (χ1n) is 6.46. The Morgan fingerprint density at radius 1 is 1.22 bits per heavy atom. The van der Waals surface area contributed by atoms with Crippen LogP contribution in [-0.4, -0.2) is 28.6 Å². The second-order valence-electron chi connectivity index (χ2n) is 5.01. The summed E-state index contributed by atoms with van der Waals surface area (Å²) >= 11 is 0. The molecule has 0 radical (unpaired) electrons. The molecule has 100 valence electrons. The highest BCUT2D eigenvalue weighted by Gasteiger charge is 2.18. The maximum absolute atomic E-state index is 5.58. The molecule has 18 heavy (non-hydrogen) atoms. The van der Waals surface area contributed by atoms with E-state index in [1.54, 1.807) is 0 Å². The lowest BCUT2D eigenvalue weighted by Gasteiger charge is -2.26.